The molecule has 2 saturated heterocycles. The highest BCUT2D eigenvalue weighted by molar-refractivity contribution is 14.1. The van der Waals surface area contributed by atoms with Crippen LogP contribution in [0, 0.1) is 3.57 Å². The molecule has 0 amide bonds. The summed E-state index contributed by atoms with van der Waals surface area (Å²) >= 11 is 2.40. The monoisotopic (exact) mass is 622 g/mol. The number of aromatic nitrogens is 1. The van der Waals surface area contributed by atoms with E-state index < -0.39 is 0 Å². The first-order valence-corrected chi connectivity index (χ1v) is 14.7. The molecule has 38 heavy (non-hydrogen) atoms. The van der Waals surface area contributed by atoms with Gasteiger partial charge in [0.1, 0.15) is 5.75 Å². The van der Waals surface area contributed by atoms with E-state index in [0.717, 1.165) is 76.9 Å². The summed E-state index contributed by atoms with van der Waals surface area (Å²) in [7, 11) is 0. The van der Waals surface area contributed by atoms with Crippen LogP contribution in [0.4, 0.5) is 11.4 Å². The third kappa shape index (κ3) is 5.95. The fourth-order valence-electron chi connectivity index (χ4n) is 5.56. The van der Waals surface area contributed by atoms with Crippen LogP contribution in [-0.4, -0.2) is 68.9 Å². The summed E-state index contributed by atoms with van der Waals surface area (Å²) in [5, 5.41) is 1.37. The average molecular weight is 623 g/mol. The minimum Gasteiger partial charge on any atom is -0.455 e. The number of H-pyrrole nitrogens is 1. The minimum absolute atomic E-state index is 0.780. The number of nitrogens with zero attached hydrogens (tertiary/aromatic N) is 3. The molecule has 0 aliphatic carbocycles. The van der Waals surface area contributed by atoms with Crippen molar-refractivity contribution in [2.75, 3.05) is 68.8 Å². The van der Waals surface area contributed by atoms with Crippen molar-refractivity contribution >= 4 is 44.9 Å². The molecule has 0 saturated carbocycles. The smallest absolute Gasteiger partial charge is 0.150 e. The number of fused-ring (bicyclic) bond motifs is 1. The molecule has 2 aliphatic heterocycles. The number of morpholine rings is 1. The zero-order chi connectivity index (χ0) is 25.7. The summed E-state index contributed by atoms with van der Waals surface area (Å²) in [6.45, 7) is 8.72. The molecule has 0 unspecified atom stereocenters. The van der Waals surface area contributed by atoms with Gasteiger partial charge >= 0.3 is 0 Å². The van der Waals surface area contributed by atoms with Crippen molar-refractivity contribution in [1.82, 2.24) is 9.88 Å². The molecule has 6 nitrogen and oxygen atoms in total. The molecule has 2 fully saturated rings. The van der Waals surface area contributed by atoms with Gasteiger partial charge in [0, 0.05) is 71.7 Å². The van der Waals surface area contributed by atoms with Crippen LogP contribution >= 0.6 is 22.6 Å². The number of aryl methyl sites for hydroxylation is 1. The standard InChI is InChI=1S/C31H35IN4O2/c32-25-10-11-29-28(21-25)24(23-33-29)5-4-12-34-13-15-36(16-14-34)30-8-1-2-9-31(30)38-27-7-3-6-26(22-27)35-17-19-37-20-18-35/h1-3,6-11,21-23,33H,4-5,12-20H2. The molecule has 1 aromatic heterocycles. The van der Waals surface area contributed by atoms with Crippen LogP contribution in [0.3, 0.4) is 0 Å². The van der Waals surface area contributed by atoms with Gasteiger partial charge in [-0.1, -0.05) is 18.2 Å². The Morgan fingerprint density at radius 3 is 2.55 bits per heavy atom. The lowest BCUT2D eigenvalue weighted by atomic mass is 10.1. The van der Waals surface area contributed by atoms with Crippen molar-refractivity contribution in [3.8, 4) is 11.5 Å². The number of piperazine rings is 1. The van der Waals surface area contributed by atoms with Crippen LogP contribution in [0.5, 0.6) is 11.5 Å². The largest absolute Gasteiger partial charge is 0.455 e. The molecule has 3 aromatic carbocycles. The van der Waals surface area contributed by atoms with Gasteiger partial charge in [-0.25, -0.2) is 0 Å². The van der Waals surface area contributed by atoms with Crippen molar-refractivity contribution in [2.24, 2.45) is 0 Å². The summed E-state index contributed by atoms with van der Waals surface area (Å²) in [6, 6.07) is 23.5. The number of rotatable bonds is 8. The predicted octanol–water partition coefficient (Wildman–Crippen LogP) is 6.16. The lowest BCUT2D eigenvalue weighted by Gasteiger charge is -2.36. The Morgan fingerprint density at radius 1 is 0.842 bits per heavy atom. The molecule has 198 valence electrons. The van der Waals surface area contributed by atoms with E-state index in [1.165, 1.54) is 37.8 Å². The Bertz CT molecular complexity index is 1360. The highest BCUT2D eigenvalue weighted by Crippen LogP contribution is 2.34. The second kappa shape index (κ2) is 12.0. The van der Waals surface area contributed by atoms with Crippen molar-refractivity contribution in [3.05, 3.63) is 82.1 Å². The second-order valence-corrected chi connectivity index (χ2v) is 11.3. The summed E-state index contributed by atoms with van der Waals surface area (Å²) in [6.07, 6.45) is 4.48. The first-order valence-electron chi connectivity index (χ1n) is 13.7. The van der Waals surface area contributed by atoms with E-state index in [-0.39, 0.29) is 0 Å². The number of nitrogens with one attached hydrogen (secondary N) is 1. The Labute approximate surface area is 238 Å². The number of benzene rings is 3. The Hall–Kier alpha value is -2.75. The zero-order valence-electron chi connectivity index (χ0n) is 21.7. The van der Waals surface area contributed by atoms with Gasteiger partial charge in [-0.15, -0.1) is 0 Å². The molecule has 0 bridgehead atoms. The average Bonchev–Trinajstić information content (AvgIpc) is 3.36. The van der Waals surface area contributed by atoms with E-state index in [4.69, 9.17) is 9.47 Å². The molecule has 0 radical (unpaired) electrons. The maximum absolute atomic E-state index is 6.45. The van der Waals surface area contributed by atoms with Gasteiger partial charge in [0.2, 0.25) is 0 Å². The molecule has 6 rings (SSSR count). The van der Waals surface area contributed by atoms with Gasteiger partial charge in [0.05, 0.1) is 18.9 Å². The summed E-state index contributed by atoms with van der Waals surface area (Å²) in [5.74, 6) is 1.81. The number of halogens is 1. The Kier molecular flexibility index (Phi) is 8.04. The second-order valence-electron chi connectivity index (χ2n) is 10.1. The molecular formula is C31H35IN4O2. The lowest BCUT2D eigenvalue weighted by molar-refractivity contribution is 0.122. The van der Waals surface area contributed by atoms with Gasteiger partial charge in [-0.3, -0.25) is 4.90 Å². The first-order chi connectivity index (χ1) is 18.7. The number of anilines is 2. The van der Waals surface area contributed by atoms with Gasteiger partial charge in [-0.05, 0) is 90.0 Å². The lowest BCUT2D eigenvalue weighted by Crippen LogP contribution is -2.46. The normalized spacial score (nSPS) is 16.8. The van der Waals surface area contributed by atoms with Gasteiger partial charge in [0.15, 0.2) is 5.75 Å². The van der Waals surface area contributed by atoms with E-state index in [1.54, 1.807) is 0 Å². The highest BCUT2D eigenvalue weighted by Gasteiger charge is 2.20. The van der Waals surface area contributed by atoms with E-state index >= 15 is 0 Å². The van der Waals surface area contributed by atoms with Crippen molar-refractivity contribution in [3.63, 3.8) is 0 Å². The fourth-order valence-corrected chi connectivity index (χ4v) is 6.05. The number of hydrogen-bond acceptors (Lipinski definition) is 5. The molecular weight excluding hydrogens is 587 g/mol. The highest BCUT2D eigenvalue weighted by atomic mass is 127. The third-order valence-electron chi connectivity index (χ3n) is 7.65. The van der Waals surface area contributed by atoms with Crippen molar-refractivity contribution in [1.29, 1.82) is 0 Å². The number of para-hydroxylation sites is 2. The van der Waals surface area contributed by atoms with Gasteiger partial charge < -0.3 is 24.3 Å². The van der Waals surface area contributed by atoms with Gasteiger partial charge in [0.25, 0.3) is 0 Å². The van der Waals surface area contributed by atoms with Crippen LogP contribution in [-0.2, 0) is 11.2 Å². The van der Waals surface area contributed by atoms with Crippen LogP contribution in [0.1, 0.15) is 12.0 Å². The fraction of sp³-hybridized carbons (Fsp3) is 0.355. The Morgan fingerprint density at radius 2 is 1.68 bits per heavy atom. The van der Waals surface area contributed by atoms with Crippen LogP contribution in [0.25, 0.3) is 10.9 Å². The maximum Gasteiger partial charge on any atom is 0.150 e. The van der Waals surface area contributed by atoms with Crippen LogP contribution < -0.4 is 14.5 Å². The predicted molar refractivity (Wildman–Crippen MR) is 164 cm³/mol. The number of aromatic amines is 1. The van der Waals surface area contributed by atoms with E-state index in [2.05, 4.69) is 109 Å². The molecule has 0 atom stereocenters. The topological polar surface area (TPSA) is 44.0 Å². The Balaban J connectivity index is 1.04. The zero-order valence-corrected chi connectivity index (χ0v) is 23.9. The van der Waals surface area contributed by atoms with Gasteiger partial charge in [-0.2, -0.15) is 0 Å². The van der Waals surface area contributed by atoms with Crippen molar-refractivity contribution in [2.45, 2.75) is 12.8 Å². The van der Waals surface area contributed by atoms with E-state index in [1.807, 2.05) is 6.07 Å². The van der Waals surface area contributed by atoms with Crippen LogP contribution in [0.2, 0.25) is 0 Å². The molecule has 0 spiro atoms. The SMILES string of the molecule is Ic1ccc2[nH]cc(CCCN3CCN(c4ccccc4Oc4cccc(N5CCOCC5)c4)CC3)c2c1. The molecule has 3 heterocycles. The summed E-state index contributed by atoms with van der Waals surface area (Å²) in [4.78, 5) is 10.9. The maximum atomic E-state index is 6.45. The van der Waals surface area contributed by atoms with Crippen LogP contribution in [0.15, 0.2) is 72.9 Å². The summed E-state index contributed by atoms with van der Waals surface area (Å²) < 4.78 is 13.3. The third-order valence-corrected chi connectivity index (χ3v) is 8.32. The molecule has 4 aromatic rings. The first kappa shape index (κ1) is 25.5. The molecule has 1 N–H and O–H groups in total. The quantitative estimate of drug-likeness (QED) is 0.239. The van der Waals surface area contributed by atoms with E-state index in [0.29, 0.717) is 0 Å². The molecule has 7 heteroatoms. The summed E-state index contributed by atoms with van der Waals surface area (Å²) in [5.41, 5.74) is 5.04. The van der Waals surface area contributed by atoms with E-state index in [9.17, 15) is 0 Å². The number of hydrogen-bond donors (Lipinski definition) is 1. The number of ether oxygens (including phenoxy) is 2. The minimum atomic E-state index is 0.780. The van der Waals surface area contributed by atoms with Crippen molar-refractivity contribution < 1.29 is 9.47 Å². The molecule has 2 aliphatic rings.